The zero-order chi connectivity index (χ0) is 16.1. The minimum absolute atomic E-state index is 0.128. The molecule has 0 atom stereocenters. The van der Waals surface area contributed by atoms with Gasteiger partial charge in [0.25, 0.3) is 5.91 Å². The lowest BCUT2D eigenvalue weighted by atomic mass is 10.1. The minimum atomic E-state index is -0.864. The Bertz CT molecular complexity index is 764. The second-order valence-electron chi connectivity index (χ2n) is 4.30. The Labute approximate surface area is 125 Å². The maximum Gasteiger partial charge on any atom is 0.340 e. The van der Waals surface area contributed by atoms with Gasteiger partial charge in [-0.15, -0.1) is 0 Å². The summed E-state index contributed by atoms with van der Waals surface area (Å²) in [6.45, 7) is 0. The number of hydrogen-bond acceptors (Lipinski definition) is 4. The highest BCUT2D eigenvalue weighted by molar-refractivity contribution is 6.05. The largest absolute Gasteiger partial charge is 0.465 e. The van der Waals surface area contributed by atoms with Crippen LogP contribution in [-0.2, 0) is 4.74 Å². The molecule has 0 aromatic heterocycles. The van der Waals surface area contributed by atoms with E-state index in [4.69, 9.17) is 5.26 Å². The molecule has 1 N–H and O–H groups in total. The van der Waals surface area contributed by atoms with Gasteiger partial charge in [-0.2, -0.15) is 5.26 Å². The van der Waals surface area contributed by atoms with Crippen molar-refractivity contribution in [1.29, 1.82) is 5.26 Å². The first-order valence-electron chi connectivity index (χ1n) is 6.25. The van der Waals surface area contributed by atoms with Crippen LogP contribution < -0.4 is 5.32 Å². The van der Waals surface area contributed by atoms with Crippen molar-refractivity contribution in [2.24, 2.45) is 0 Å². The standard InChI is InChI=1S/C16H11FN2O3/c1-22-16(21)12-3-2-4-13(14(12)17)19-15(20)11-7-5-10(9-18)6-8-11/h2-8H,1H3,(H,19,20). The van der Waals surface area contributed by atoms with Crippen LogP contribution in [0.2, 0.25) is 0 Å². The van der Waals surface area contributed by atoms with Gasteiger partial charge in [-0.1, -0.05) is 6.07 Å². The van der Waals surface area contributed by atoms with Crippen molar-refractivity contribution in [3.05, 3.63) is 65.0 Å². The summed E-state index contributed by atoms with van der Waals surface area (Å²) in [5.74, 6) is -2.24. The van der Waals surface area contributed by atoms with Crippen molar-refractivity contribution >= 4 is 17.6 Å². The second-order valence-corrected chi connectivity index (χ2v) is 4.30. The number of hydrogen-bond donors (Lipinski definition) is 1. The highest BCUT2D eigenvalue weighted by atomic mass is 19.1. The van der Waals surface area contributed by atoms with E-state index in [0.29, 0.717) is 5.56 Å². The van der Waals surface area contributed by atoms with Gasteiger partial charge in [-0.25, -0.2) is 9.18 Å². The summed E-state index contributed by atoms with van der Waals surface area (Å²) in [5, 5.41) is 11.1. The van der Waals surface area contributed by atoms with E-state index in [1.807, 2.05) is 6.07 Å². The van der Waals surface area contributed by atoms with E-state index in [1.54, 1.807) is 0 Å². The molecule has 110 valence electrons. The third-order valence-corrected chi connectivity index (χ3v) is 2.93. The van der Waals surface area contributed by atoms with Gasteiger partial charge < -0.3 is 10.1 Å². The number of anilines is 1. The molecule has 0 unspecified atom stereocenters. The average molecular weight is 298 g/mol. The van der Waals surface area contributed by atoms with Gasteiger partial charge in [0.15, 0.2) is 5.82 Å². The molecule has 0 radical (unpaired) electrons. The van der Waals surface area contributed by atoms with Crippen LogP contribution in [0.15, 0.2) is 42.5 Å². The zero-order valence-electron chi connectivity index (χ0n) is 11.6. The number of halogens is 1. The molecule has 0 aliphatic rings. The number of carbonyl (C=O) groups is 2. The summed E-state index contributed by atoms with van der Waals surface area (Å²) in [6.07, 6.45) is 0. The van der Waals surface area contributed by atoms with E-state index in [0.717, 1.165) is 7.11 Å². The van der Waals surface area contributed by atoms with Crippen LogP contribution in [0.5, 0.6) is 0 Å². The first-order chi connectivity index (χ1) is 10.6. The predicted octanol–water partition coefficient (Wildman–Crippen LogP) is 2.74. The first-order valence-corrected chi connectivity index (χ1v) is 6.25. The Morgan fingerprint density at radius 3 is 2.45 bits per heavy atom. The third-order valence-electron chi connectivity index (χ3n) is 2.93. The molecule has 0 spiro atoms. The van der Waals surface area contributed by atoms with Crippen molar-refractivity contribution in [2.75, 3.05) is 12.4 Å². The Hall–Kier alpha value is -3.20. The van der Waals surface area contributed by atoms with E-state index in [9.17, 15) is 14.0 Å². The fourth-order valence-electron chi connectivity index (χ4n) is 1.79. The summed E-state index contributed by atoms with van der Waals surface area (Å²) >= 11 is 0. The SMILES string of the molecule is COC(=O)c1cccc(NC(=O)c2ccc(C#N)cc2)c1F. The molecule has 0 aliphatic heterocycles. The molecule has 2 aromatic rings. The molecule has 1 amide bonds. The molecule has 2 aromatic carbocycles. The van der Waals surface area contributed by atoms with Crippen LogP contribution in [0.25, 0.3) is 0 Å². The highest BCUT2D eigenvalue weighted by Gasteiger charge is 2.17. The topological polar surface area (TPSA) is 79.2 Å². The summed E-state index contributed by atoms with van der Waals surface area (Å²) in [4.78, 5) is 23.4. The van der Waals surface area contributed by atoms with Crippen LogP contribution in [0, 0.1) is 17.1 Å². The molecule has 0 aliphatic carbocycles. The van der Waals surface area contributed by atoms with E-state index >= 15 is 0 Å². The molecule has 0 bridgehead atoms. The molecule has 0 fully saturated rings. The van der Waals surface area contributed by atoms with Gasteiger partial charge in [-0.05, 0) is 36.4 Å². The Kier molecular flexibility index (Phi) is 4.49. The summed E-state index contributed by atoms with van der Waals surface area (Å²) in [6, 6.07) is 11.8. The van der Waals surface area contributed by atoms with Gasteiger partial charge in [0.05, 0.1) is 30.0 Å². The molecule has 5 nitrogen and oxygen atoms in total. The van der Waals surface area contributed by atoms with Crippen LogP contribution in [-0.4, -0.2) is 19.0 Å². The summed E-state index contributed by atoms with van der Waals surface area (Å²) in [5.41, 5.74) is 0.287. The van der Waals surface area contributed by atoms with Gasteiger partial charge in [0, 0.05) is 5.56 Å². The molecular formula is C16H11FN2O3. The number of methoxy groups -OCH3 is 1. The van der Waals surface area contributed by atoms with Crippen molar-refractivity contribution < 1.29 is 18.7 Å². The fourth-order valence-corrected chi connectivity index (χ4v) is 1.79. The summed E-state index contributed by atoms with van der Waals surface area (Å²) < 4.78 is 18.6. The number of esters is 1. The van der Waals surface area contributed by atoms with Crippen LogP contribution in [0.1, 0.15) is 26.3 Å². The lowest BCUT2D eigenvalue weighted by Gasteiger charge is -2.09. The van der Waals surface area contributed by atoms with E-state index < -0.39 is 17.7 Å². The molecule has 0 saturated heterocycles. The lowest BCUT2D eigenvalue weighted by Crippen LogP contribution is -2.14. The van der Waals surface area contributed by atoms with E-state index in [1.165, 1.54) is 42.5 Å². The van der Waals surface area contributed by atoms with Crippen molar-refractivity contribution in [3.63, 3.8) is 0 Å². The third kappa shape index (κ3) is 3.10. The lowest BCUT2D eigenvalue weighted by molar-refractivity contribution is 0.0595. The van der Waals surface area contributed by atoms with E-state index in [2.05, 4.69) is 10.1 Å². The number of carbonyl (C=O) groups excluding carboxylic acids is 2. The van der Waals surface area contributed by atoms with Crippen LogP contribution in [0.3, 0.4) is 0 Å². The van der Waals surface area contributed by atoms with E-state index in [-0.39, 0.29) is 16.8 Å². The summed E-state index contributed by atoms with van der Waals surface area (Å²) in [7, 11) is 1.14. The second kappa shape index (κ2) is 6.50. The number of ether oxygens (including phenoxy) is 1. The predicted molar refractivity (Wildman–Crippen MR) is 76.8 cm³/mol. The molecule has 0 heterocycles. The van der Waals surface area contributed by atoms with Gasteiger partial charge in [-0.3, -0.25) is 4.79 Å². The number of nitrogens with one attached hydrogen (secondary N) is 1. The molecule has 0 saturated carbocycles. The minimum Gasteiger partial charge on any atom is -0.465 e. The highest BCUT2D eigenvalue weighted by Crippen LogP contribution is 2.19. The fraction of sp³-hybridized carbons (Fsp3) is 0.0625. The van der Waals surface area contributed by atoms with Crippen molar-refractivity contribution in [2.45, 2.75) is 0 Å². The monoisotopic (exact) mass is 298 g/mol. The average Bonchev–Trinajstić information content (AvgIpc) is 2.56. The number of amides is 1. The van der Waals surface area contributed by atoms with Gasteiger partial charge in [0.2, 0.25) is 0 Å². The smallest absolute Gasteiger partial charge is 0.340 e. The Balaban J connectivity index is 2.25. The van der Waals surface area contributed by atoms with Gasteiger partial charge >= 0.3 is 5.97 Å². The first kappa shape index (κ1) is 15.2. The van der Waals surface area contributed by atoms with Crippen molar-refractivity contribution in [3.8, 4) is 6.07 Å². The molecular weight excluding hydrogens is 287 g/mol. The number of rotatable bonds is 3. The molecule has 22 heavy (non-hydrogen) atoms. The molecule has 2 rings (SSSR count). The maximum atomic E-state index is 14.1. The quantitative estimate of drug-likeness (QED) is 0.884. The maximum absolute atomic E-state index is 14.1. The zero-order valence-corrected chi connectivity index (χ0v) is 11.6. The number of benzene rings is 2. The van der Waals surface area contributed by atoms with Crippen LogP contribution >= 0.6 is 0 Å². The molecule has 6 heteroatoms. The normalized spacial score (nSPS) is 9.68. The Morgan fingerprint density at radius 2 is 1.86 bits per heavy atom. The Morgan fingerprint density at radius 1 is 1.18 bits per heavy atom. The van der Waals surface area contributed by atoms with Crippen molar-refractivity contribution in [1.82, 2.24) is 0 Å². The number of nitriles is 1. The van der Waals surface area contributed by atoms with Crippen LogP contribution in [0.4, 0.5) is 10.1 Å². The number of nitrogens with zero attached hydrogens (tertiary/aromatic N) is 1. The van der Waals surface area contributed by atoms with Gasteiger partial charge in [0.1, 0.15) is 0 Å².